The Hall–Kier alpha value is -1.06. The predicted octanol–water partition coefficient (Wildman–Crippen LogP) is 1.04. The molecule has 3 heteroatoms. The van der Waals surface area contributed by atoms with E-state index in [1.165, 1.54) is 0 Å². The maximum Gasteiger partial charge on any atom is 0.119 e. The third kappa shape index (κ3) is 4.25. The minimum atomic E-state index is 0.134. The topological polar surface area (TPSA) is 41.5 Å². The number of ether oxygens (including phenoxy) is 1. The van der Waals surface area contributed by atoms with Crippen molar-refractivity contribution in [2.24, 2.45) is 0 Å². The highest BCUT2D eigenvalue weighted by Crippen LogP contribution is 2.07. The lowest BCUT2D eigenvalue weighted by Crippen LogP contribution is -2.32. The van der Waals surface area contributed by atoms with Gasteiger partial charge in [-0.3, -0.25) is 0 Å². The number of aliphatic hydroxyl groups is 1. The summed E-state index contributed by atoms with van der Waals surface area (Å²) in [7, 11) is 0. The van der Waals surface area contributed by atoms with Gasteiger partial charge in [0.15, 0.2) is 0 Å². The van der Waals surface area contributed by atoms with Crippen LogP contribution in [-0.4, -0.2) is 30.9 Å². The van der Waals surface area contributed by atoms with Gasteiger partial charge in [0.25, 0.3) is 0 Å². The van der Waals surface area contributed by atoms with Gasteiger partial charge in [-0.2, -0.15) is 0 Å². The molecule has 0 saturated carbocycles. The van der Waals surface area contributed by atoms with Crippen molar-refractivity contribution in [3.8, 4) is 5.75 Å². The number of benzene rings is 1. The Bertz CT molecular complexity index is 238. The smallest absolute Gasteiger partial charge is 0.119 e. The molecule has 3 nitrogen and oxygen atoms in total. The first-order valence-electron chi connectivity index (χ1n) is 4.85. The van der Waals surface area contributed by atoms with Crippen molar-refractivity contribution >= 4 is 0 Å². The SMILES string of the molecule is CC(CO)NCCOc1ccccc1. The molecule has 0 aliphatic carbocycles. The first-order valence-corrected chi connectivity index (χ1v) is 4.85. The van der Waals surface area contributed by atoms with Crippen molar-refractivity contribution in [1.82, 2.24) is 5.32 Å². The van der Waals surface area contributed by atoms with E-state index in [-0.39, 0.29) is 12.6 Å². The van der Waals surface area contributed by atoms with Crippen molar-refractivity contribution in [3.05, 3.63) is 30.3 Å². The molecule has 2 N–H and O–H groups in total. The Morgan fingerprint density at radius 3 is 2.71 bits per heavy atom. The second-order valence-corrected chi connectivity index (χ2v) is 3.20. The first-order chi connectivity index (χ1) is 6.83. The lowest BCUT2D eigenvalue weighted by atomic mass is 10.3. The second-order valence-electron chi connectivity index (χ2n) is 3.20. The van der Waals surface area contributed by atoms with E-state index in [0.29, 0.717) is 6.61 Å². The highest BCUT2D eigenvalue weighted by Gasteiger charge is 1.97. The first kappa shape index (κ1) is 11.0. The van der Waals surface area contributed by atoms with Crippen LogP contribution in [0.2, 0.25) is 0 Å². The number of para-hydroxylation sites is 1. The molecule has 0 spiro atoms. The van der Waals surface area contributed by atoms with Crippen LogP contribution < -0.4 is 10.1 Å². The zero-order valence-corrected chi connectivity index (χ0v) is 8.44. The molecule has 0 aliphatic heterocycles. The van der Waals surface area contributed by atoms with Crippen molar-refractivity contribution in [3.63, 3.8) is 0 Å². The van der Waals surface area contributed by atoms with Crippen molar-refractivity contribution in [2.45, 2.75) is 13.0 Å². The van der Waals surface area contributed by atoms with Crippen LogP contribution in [0.3, 0.4) is 0 Å². The number of rotatable bonds is 6. The Balaban J connectivity index is 2.10. The number of hydrogen-bond donors (Lipinski definition) is 2. The summed E-state index contributed by atoms with van der Waals surface area (Å²) in [5.41, 5.74) is 0. The molecule has 1 aromatic carbocycles. The van der Waals surface area contributed by atoms with E-state index in [4.69, 9.17) is 9.84 Å². The van der Waals surface area contributed by atoms with Gasteiger partial charge in [0, 0.05) is 12.6 Å². The molecule has 1 rings (SSSR count). The highest BCUT2D eigenvalue weighted by molar-refractivity contribution is 5.20. The second kappa shape index (κ2) is 6.40. The van der Waals surface area contributed by atoms with Crippen LogP contribution in [0.25, 0.3) is 0 Å². The Morgan fingerprint density at radius 1 is 1.36 bits per heavy atom. The van der Waals surface area contributed by atoms with E-state index in [9.17, 15) is 0 Å². The van der Waals surface area contributed by atoms with E-state index in [1.54, 1.807) is 0 Å². The van der Waals surface area contributed by atoms with Gasteiger partial charge in [-0.25, -0.2) is 0 Å². The molecule has 0 bridgehead atoms. The Labute approximate surface area is 84.7 Å². The summed E-state index contributed by atoms with van der Waals surface area (Å²) < 4.78 is 5.46. The lowest BCUT2D eigenvalue weighted by Gasteiger charge is -2.11. The largest absolute Gasteiger partial charge is 0.492 e. The fourth-order valence-corrected chi connectivity index (χ4v) is 1.06. The minimum Gasteiger partial charge on any atom is -0.492 e. The van der Waals surface area contributed by atoms with E-state index >= 15 is 0 Å². The van der Waals surface area contributed by atoms with Crippen molar-refractivity contribution in [1.29, 1.82) is 0 Å². The Kier molecular flexibility index (Phi) is 5.04. The van der Waals surface area contributed by atoms with Gasteiger partial charge < -0.3 is 15.2 Å². The van der Waals surface area contributed by atoms with Crippen LogP contribution >= 0.6 is 0 Å². The maximum absolute atomic E-state index is 8.75. The zero-order chi connectivity index (χ0) is 10.2. The molecule has 0 radical (unpaired) electrons. The number of hydrogen-bond acceptors (Lipinski definition) is 3. The zero-order valence-electron chi connectivity index (χ0n) is 8.44. The van der Waals surface area contributed by atoms with E-state index in [0.717, 1.165) is 12.3 Å². The van der Waals surface area contributed by atoms with Gasteiger partial charge in [0.2, 0.25) is 0 Å². The number of aliphatic hydroxyl groups excluding tert-OH is 1. The third-order valence-corrected chi connectivity index (χ3v) is 1.88. The molecule has 0 aromatic heterocycles. The van der Waals surface area contributed by atoms with Gasteiger partial charge in [0.1, 0.15) is 12.4 Å². The van der Waals surface area contributed by atoms with Crippen LogP contribution in [0.4, 0.5) is 0 Å². The summed E-state index contributed by atoms with van der Waals surface area (Å²) in [6, 6.07) is 9.83. The predicted molar refractivity (Wildman–Crippen MR) is 56.5 cm³/mol. The summed E-state index contributed by atoms with van der Waals surface area (Å²) in [4.78, 5) is 0. The molecule has 1 aromatic rings. The van der Waals surface area contributed by atoms with Crippen LogP contribution in [0.1, 0.15) is 6.92 Å². The molecule has 14 heavy (non-hydrogen) atoms. The molecule has 78 valence electrons. The highest BCUT2D eigenvalue weighted by atomic mass is 16.5. The van der Waals surface area contributed by atoms with Crippen molar-refractivity contribution < 1.29 is 9.84 Å². The quantitative estimate of drug-likeness (QED) is 0.666. The van der Waals surface area contributed by atoms with E-state index < -0.39 is 0 Å². The minimum absolute atomic E-state index is 0.134. The normalized spacial score (nSPS) is 12.4. The van der Waals surface area contributed by atoms with Crippen LogP contribution in [-0.2, 0) is 0 Å². The van der Waals surface area contributed by atoms with Gasteiger partial charge in [-0.05, 0) is 19.1 Å². The molecule has 1 unspecified atom stereocenters. The average Bonchev–Trinajstić information content (AvgIpc) is 2.25. The van der Waals surface area contributed by atoms with Gasteiger partial charge >= 0.3 is 0 Å². The number of nitrogens with one attached hydrogen (secondary N) is 1. The molecule has 1 atom stereocenters. The molecule has 0 saturated heterocycles. The summed E-state index contributed by atoms with van der Waals surface area (Å²) in [5, 5.41) is 11.9. The average molecular weight is 195 g/mol. The molecular formula is C11H17NO2. The van der Waals surface area contributed by atoms with E-state index in [1.807, 2.05) is 37.3 Å². The van der Waals surface area contributed by atoms with E-state index in [2.05, 4.69) is 5.32 Å². The molecular weight excluding hydrogens is 178 g/mol. The summed E-state index contributed by atoms with van der Waals surface area (Å²) in [6.45, 7) is 3.46. The van der Waals surface area contributed by atoms with Crippen LogP contribution in [0, 0.1) is 0 Å². The van der Waals surface area contributed by atoms with Crippen LogP contribution in [0.5, 0.6) is 5.75 Å². The summed E-state index contributed by atoms with van der Waals surface area (Å²) in [6.07, 6.45) is 0. The van der Waals surface area contributed by atoms with Crippen molar-refractivity contribution in [2.75, 3.05) is 19.8 Å². The van der Waals surface area contributed by atoms with Gasteiger partial charge in [-0.1, -0.05) is 18.2 Å². The van der Waals surface area contributed by atoms with Gasteiger partial charge in [0.05, 0.1) is 6.61 Å². The summed E-state index contributed by atoms with van der Waals surface area (Å²) in [5.74, 6) is 0.881. The fourth-order valence-electron chi connectivity index (χ4n) is 1.06. The van der Waals surface area contributed by atoms with Gasteiger partial charge in [-0.15, -0.1) is 0 Å². The third-order valence-electron chi connectivity index (χ3n) is 1.88. The van der Waals surface area contributed by atoms with Crippen LogP contribution in [0.15, 0.2) is 30.3 Å². The summed E-state index contributed by atoms with van der Waals surface area (Å²) >= 11 is 0. The molecule has 0 heterocycles. The lowest BCUT2D eigenvalue weighted by molar-refractivity contribution is 0.239. The monoisotopic (exact) mass is 195 g/mol. The fraction of sp³-hybridized carbons (Fsp3) is 0.455. The Morgan fingerprint density at radius 2 is 2.07 bits per heavy atom. The standard InChI is InChI=1S/C11H17NO2/c1-10(9-13)12-7-8-14-11-5-3-2-4-6-11/h2-6,10,12-13H,7-9H2,1H3. The molecule has 0 amide bonds. The molecule has 0 aliphatic rings. The maximum atomic E-state index is 8.75. The molecule has 0 fully saturated rings.